The smallest absolute Gasteiger partial charge is 0.327 e. The van der Waals surface area contributed by atoms with Gasteiger partial charge in [-0.25, -0.2) is 9.79 Å². The first-order valence-electron chi connectivity index (χ1n) is 8.17. The van der Waals surface area contributed by atoms with Gasteiger partial charge in [-0.15, -0.1) is 11.3 Å². The second-order valence-corrected chi connectivity index (χ2v) is 7.59. The van der Waals surface area contributed by atoms with Crippen molar-refractivity contribution in [2.45, 2.75) is 19.9 Å². The number of urea groups is 1. The molecular formula is C18H17N5O2S. The van der Waals surface area contributed by atoms with Crippen molar-refractivity contribution in [1.82, 2.24) is 15.5 Å². The maximum Gasteiger partial charge on any atom is 0.341 e. The van der Waals surface area contributed by atoms with E-state index in [2.05, 4.69) is 25.8 Å². The second-order valence-electron chi connectivity index (χ2n) is 6.27. The van der Waals surface area contributed by atoms with Crippen LogP contribution in [0.4, 0.5) is 10.5 Å². The minimum Gasteiger partial charge on any atom is -0.327 e. The van der Waals surface area contributed by atoms with E-state index in [9.17, 15) is 9.59 Å². The zero-order chi connectivity index (χ0) is 18.3. The van der Waals surface area contributed by atoms with Gasteiger partial charge in [0.2, 0.25) is 5.91 Å². The fraction of sp³-hybridized carbons (Fsp3) is 0.222. The number of amides is 3. The fourth-order valence-corrected chi connectivity index (χ4v) is 4.12. The highest BCUT2D eigenvalue weighted by atomic mass is 32.1. The van der Waals surface area contributed by atoms with Gasteiger partial charge in [-0.2, -0.15) is 5.10 Å². The van der Waals surface area contributed by atoms with Crippen LogP contribution in [0.2, 0.25) is 0 Å². The molecule has 1 aromatic carbocycles. The normalized spacial score (nSPS) is 19.9. The lowest BCUT2D eigenvalue weighted by Crippen LogP contribution is -2.45. The van der Waals surface area contributed by atoms with Crippen LogP contribution in [0.5, 0.6) is 0 Å². The van der Waals surface area contributed by atoms with E-state index >= 15 is 0 Å². The predicted octanol–water partition coefficient (Wildman–Crippen LogP) is 3.41. The van der Waals surface area contributed by atoms with Gasteiger partial charge in [-0.1, -0.05) is 0 Å². The number of aryl methyl sites for hydroxylation is 1. The summed E-state index contributed by atoms with van der Waals surface area (Å²) in [6.07, 6.45) is 1.70. The number of benzene rings is 1. The summed E-state index contributed by atoms with van der Waals surface area (Å²) in [6.45, 7) is 3.71. The van der Waals surface area contributed by atoms with E-state index in [1.165, 1.54) is 0 Å². The standard InChI is InChI=1S/C18H17N5O2S/c1-9-3-6-14(26-9)16-15(10(2)20-18(25)22-16)17(24)21-12-4-5-13-11(7-12)8-19-23-13/h3-8,15-16H,1-2H3,(H,19,23)(H,21,24)(H,22,25). The Morgan fingerprint density at radius 2 is 2.08 bits per heavy atom. The van der Waals surface area contributed by atoms with Crippen molar-refractivity contribution < 1.29 is 9.59 Å². The SMILES string of the molecule is CC1=NC(=O)NC(c2ccc(C)s2)C1C(=O)Nc1ccc2[nH]ncc2c1. The average molecular weight is 367 g/mol. The molecule has 3 heterocycles. The highest BCUT2D eigenvalue weighted by Crippen LogP contribution is 2.32. The van der Waals surface area contributed by atoms with Crippen LogP contribution >= 0.6 is 11.3 Å². The summed E-state index contributed by atoms with van der Waals surface area (Å²) in [7, 11) is 0. The summed E-state index contributed by atoms with van der Waals surface area (Å²) >= 11 is 1.57. The van der Waals surface area contributed by atoms with Crippen molar-refractivity contribution in [2.75, 3.05) is 5.32 Å². The maximum atomic E-state index is 13.0. The lowest BCUT2D eigenvalue weighted by atomic mass is 9.91. The van der Waals surface area contributed by atoms with E-state index in [1.54, 1.807) is 24.5 Å². The number of carbonyl (C=O) groups excluding carboxylic acids is 2. The molecule has 0 fully saturated rings. The molecule has 26 heavy (non-hydrogen) atoms. The molecule has 3 amide bonds. The molecule has 3 aromatic rings. The lowest BCUT2D eigenvalue weighted by molar-refractivity contribution is -0.118. The minimum absolute atomic E-state index is 0.204. The second kappa shape index (κ2) is 6.38. The molecule has 7 nitrogen and oxygen atoms in total. The van der Waals surface area contributed by atoms with Crippen molar-refractivity contribution in [1.29, 1.82) is 0 Å². The number of nitrogens with one attached hydrogen (secondary N) is 3. The van der Waals surface area contributed by atoms with Crippen molar-refractivity contribution in [2.24, 2.45) is 10.9 Å². The molecule has 0 bridgehead atoms. The Morgan fingerprint density at radius 3 is 2.85 bits per heavy atom. The predicted molar refractivity (Wildman–Crippen MR) is 102 cm³/mol. The minimum atomic E-state index is -0.564. The summed E-state index contributed by atoms with van der Waals surface area (Å²) in [5.41, 5.74) is 2.08. The van der Waals surface area contributed by atoms with Crippen molar-refractivity contribution in [3.8, 4) is 0 Å². The van der Waals surface area contributed by atoms with E-state index in [0.29, 0.717) is 11.4 Å². The molecule has 2 unspecified atom stereocenters. The largest absolute Gasteiger partial charge is 0.341 e. The summed E-state index contributed by atoms with van der Waals surface area (Å²) < 4.78 is 0. The first-order chi connectivity index (χ1) is 12.5. The van der Waals surface area contributed by atoms with Crippen LogP contribution in [0.3, 0.4) is 0 Å². The van der Waals surface area contributed by atoms with Gasteiger partial charge in [0.25, 0.3) is 0 Å². The molecule has 0 spiro atoms. The topological polar surface area (TPSA) is 99.2 Å². The van der Waals surface area contributed by atoms with Crippen LogP contribution in [-0.4, -0.2) is 27.8 Å². The zero-order valence-electron chi connectivity index (χ0n) is 14.2. The van der Waals surface area contributed by atoms with Crippen molar-refractivity contribution >= 4 is 45.6 Å². The van der Waals surface area contributed by atoms with Crippen LogP contribution in [0, 0.1) is 12.8 Å². The molecule has 2 aromatic heterocycles. The van der Waals surface area contributed by atoms with Gasteiger partial charge in [0.15, 0.2) is 0 Å². The van der Waals surface area contributed by atoms with Crippen molar-refractivity contribution in [3.05, 3.63) is 46.3 Å². The molecule has 132 valence electrons. The van der Waals surface area contributed by atoms with Gasteiger partial charge < -0.3 is 10.6 Å². The third-order valence-electron chi connectivity index (χ3n) is 4.40. The highest BCUT2D eigenvalue weighted by molar-refractivity contribution is 7.12. The number of aromatic amines is 1. The fourth-order valence-electron chi connectivity index (χ4n) is 3.16. The molecule has 0 radical (unpaired) electrons. The summed E-state index contributed by atoms with van der Waals surface area (Å²) in [5, 5.41) is 13.5. The molecule has 0 saturated heterocycles. The zero-order valence-corrected chi connectivity index (χ0v) is 15.1. The van der Waals surface area contributed by atoms with E-state index in [1.807, 2.05) is 37.3 Å². The number of aliphatic imine (C=N–C) groups is 1. The van der Waals surface area contributed by atoms with Gasteiger partial charge in [0.1, 0.15) is 5.92 Å². The number of H-pyrrole nitrogens is 1. The van der Waals surface area contributed by atoms with E-state index in [0.717, 1.165) is 20.7 Å². The number of carbonyl (C=O) groups is 2. The van der Waals surface area contributed by atoms with E-state index in [4.69, 9.17) is 0 Å². The summed E-state index contributed by atoms with van der Waals surface area (Å²) in [4.78, 5) is 30.9. The molecule has 8 heteroatoms. The van der Waals surface area contributed by atoms with Crippen LogP contribution in [0.15, 0.2) is 41.5 Å². The summed E-state index contributed by atoms with van der Waals surface area (Å²) in [6, 6.07) is 8.63. The number of fused-ring (bicyclic) bond motifs is 1. The molecular weight excluding hydrogens is 350 g/mol. The summed E-state index contributed by atoms with van der Waals surface area (Å²) in [5.74, 6) is -0.768. The van der Waals surface area contributed by atoms with Crippen LogP contribution in [0.25, 0.3) is 10.9 Å². The van der Waals surface area contributed by atoms with Crippen LogP contribution in [-0.2, 0) is 4.79 Å². The Hall–Kier alpha value is -3.00. The monoisotopic (exact) mass is 367 g/mol. The Balaban J connectivity index is 1.64. The lowest BCUT2D eigenvalue weighted by Gasteiger charge is -2.29. The Kier molecular flexibility index (Phi) is 4.04. The molecule has 1 aliphatic heterocycles. The molecule has 2 atom stereocenters. The number of aromatic nitrogens is 2. The van der Waals surface area contributed by atoms with E-state index < -0.39 is 18.0 Å². The van der Waals surface area contributed by atoms with Crippen LogP contribution < -0.4 is 10.6 Å². The Morgan fingerprint density at radius 1 is 1.23 bits per heavy atom. The van der Waals surface area contributed by atoms with Gasteiger partial charge in [0, 0.05) is 26.5 Å². The molecule has 1 aliphatic rings. The Labute approximate surface area is 153 Å². The number of anilines is 1. The highest BCUT2D eigenvalue weighted by Gasteiger charge is 2.37. The third kappa shape index (κ3) is 2.99. The number of thiophene rings is 1. The quantitative estimate of drug-likeness (QED) is 0.661. The number of rotatable bonds is 3. The number of hydrogen-bond acceptors (Lipinski definition) is 4. The molecule has 3 N–H and O–H groups in total. The van der Waals surface area contributed by atoms with Gasteiger partial charge in [0.05, 0.1) is 17.8 Å². The maximum absolute atomic E-state index is 13.0. The molecule has 0 saturated carbocycles. The molecule has 0 aliphatic carbocycles. The number of nitrogens with zero attached hydrogens (tertiary/aromatic N) is 2. The van der Waals surface area contributed by atoms with E-state index in [-0.39, 0.29) is 5.91 Å². The Bertz CT molecular complexity index is 1040. The van der Waals surface area contributed by atoms with Gasteiger partial charge in [-0.05, 0) is 44.2 Å². The van der Waals surface area contributed by atoms with Crippen LogP contribution in [0.1, 0.15) is 22.7 Å². The van der Waals surface area contributed by atoms with Gasteiger partial charge in [-0.3, -0.25) is 9.89 Å². The average Bonchev–Trinajstić information content (AvgIpc) is 3.22. The molecule has 4 rings (SSSR count). The first kappa shape index (κ1) is 16.5. The third-order valence-corrected chi connectivity index (χ3v) is 5.48. The van der Waals surface area contributed by atoms with Crippen molar-refractivity contribution in [3.63, 3.8) is 0 Å². The van der Waals surface area contributed by atoms with Gasteiger partial charge >= 0.3 is 6.03 Å². The first-order valence-corrected chi connectivity index (χ1v) is 8.99. The number of hydrogen-bond donors (Lipinski definition) is 3.